The van der Waals surface area contributed by atoms with Crippen molar-refractivity contribution in [1.29, 1.82) is 0 Å². The van der Waals surface area contributed by atoms with Gasteiger partial charge in [-0.15, -0.1) is 0 Å². The van der Waals surface area contributed by atoms with Crippen molar-refractivity contribution in [3.05, 3.63) is 35.9 Å². The fourth-order valence-corrected chi connectivity index (χ4v) is 1.14. The van der Waals surface area contributed by atoms with Crippen LogP contribution >= 0.6 is 0 Å². The molecular weight excluding hydrogens is 223 g/mol. The number of allylic oxidation sites excluding steroid dienone is 3. The van der Waals surface area contributed by atoms with Crippen molar-refractivity contribution in [2.45, 2.75) is 6.18 Å². The zero-order valence-corrected chi connectivity index (χ0v) is 7.81. The fraction of sp³-hybridized carbons (Fsp3) is 0.111. The highest BCUT2D eigenvalue weighted by Gasteiger charge is 2.36. The molecule has 0 fully saturated rings. The van der Waals surface area contributed by atoms with E-state index >= 15 is 0 Å². The minimum Gasteiger partial charge on any atom is -0.285 e. The Hall–Kier alpha value is -1.89. The van der Waals surface area contributed by atoms with Crippen molar-refractivity contribution in [1.82, 2.24) is 5.06 Å². The molecule has 0 amide bonds. The predicted molar refractivity (Wildman–Crippen MR) is 50.9 cm³/mol. The average Bonchev–Trinajstić information content (AvgIpc) is 2.67. The molecule has 2 heterocycles. The van der Waals surface area contributed by atoms with Crippen LogP contribution in [0.15, 0.2) is 45.9 Å². The summed E-state index contributed by atoms with van der Waals surface area (Å²) in [5.74, 6) is -0.0204. The Morgan fingerprint density at radius 3 is 2.31 bits per heavy atom. The van der Waals surface area contributed by atoms with Crippen LogP contribution in [0.25, 0.3) is 0 Å². The predicted octanol–water partition coefficient (Wildman–Crippen LogP) is 2.02. The topological polar surface area (TPSA) is 48.2 Å². The van der Waals surface area contributed by atoms with Gasteiger partial charge in [0.1, 0.15) is 0 Å². The van der Waals surface area contributed by atoms with Gasteiger partial charge in [0.25, 0.3) is 0 Å². The van der Waals surface area contributed by atoms with Crippen LogP contribution in [0.5, 0.6) is 0 Å². The molecule has 1 N–H and O–H groups in total. The van der Waals surface area contributed by atoms with E-state index in [9.17, 15) is 13.2 Å². The van der Waals surface area contributed by atoms with Gasteiger partial charge in [0, 0.05) is 18.0 Å². The largest absolute Gasteiger partial charge is 0.434 e. The second kappa shape index (κ2) is 3.60. The van der Waals surface area contributed by atoms with Crippen molar-refractivity contribution in [2.24, 2.45) is 9.98 Å². The van der Waals surface area contributed by atoms with Crippen LogP contribution < -0.4 is 0 Å². The third-order valence-electron chi connectivity index (χ3n) is 1.90. The van der Waals surface area contributed by atoms with Gasteiger partial charge < -0.3 is 0 Å². The van der Waals surface area contributed by atoms with Crippen LogP contribution in [0.4, 0.5) is 13.2 Å². The van der Waals surface area contributed by atoms with Gasteiger partial charge in [0.2, 0.25) is 0 Å². The molecule has 0 atom stereocenters. The summed E-state index contributed by atoms with van der Waals surface area (Å²) in [6.45, 7) is 0. The second-order valence-corrected chi connectivity index (χ2v) is 3.04. The lowest BCUT2D eigenvalue weighted by atomic mass is 10.2. The quantitative estimate of drug-likeness (QED) is 0.690. The first kappa shape index (κ1) is 10.6. The lowest BCUT2D eigenvalue weighted by Crippen LogP contribution is -2.22. The summed E-state index contributed by atoms with van der Waals surface area (Å²) in [6, 6.07) is 0. The van der Waals surface area contributed by atoms with Gasteiger partial charge in [-0.05, 0) is 12.2 Å². The number of nitrogens with zero attached hydrogens (tertiary/aromatic N) is 3. The Labute approximate surface area is 88.4 Å². The third kappa shape index (κ3) is 2.03. The first-order valence-corrected chi connectivity index (χ1v) is 4.25. The maximum absolute atomic E-state index is 12.2. The smallest absolute Gasteiger partial charge is 0.285 e. The molecular formula is C9H6F3N3O. The molecule has 0 saturated carbocycles. The molecule has 0 spiro atoms. The molecule has 0 radical (unpaired) electrons. The Morgan fingerprint density at radius 1 is 1.19 bits per heavy atom. The molecule has 2 aliphatic heterocycles. The summed E-state index contributed by atoms with van der Waals surface area (Å²) in [5, 5.41) is 9.71. The van der Waals surface area contributed by atoms with Crippen LogP contribution in [0, 0.1) is 0 Å². The summed E-state index contributed by atoms with van der Waals surface area (Å²) in [4.78, 5) is 6.91. The van der Waals surface area contributed by atoms with E-state index in [2.05, 4.69) is 9.98 Å². The Kier molecular flexibility index (Phi) is 2.39. The van der Waals surface area contributed by atoms with E-state index in [1.54, 1.807) is 0 Å². The van der Waals surface area contributed by atoms with E-state index in [0.717, 1.165) is 5.06 Å². The standard InChI is InChI=1S/C9H6F3N3O/c10-9(11,12)7-5-13-8(14-7)6-1-3-15(16)4-2-6/h1-5,16H. The zero-order valence-electron chi connectivity index (χ0n) is 7.81. The molecule has 0 aromatic heterocycles. The summed E-state index contributed by atoms with van der Waals surface area (Å²) in [7, 11) is 0. The molecule has 4 nitrogen and oxygen atoms in total. The van der Waals surface area contributed by atoms with Gasteiger partial charge in [-0.3, -0.25) is 5.21 Å². The van der Waals surface area contributed by atoms with Gasteiger partial charge in [-0.2, -0.15) is 13.2 Å². The number of halogens is 3. The molecule has 84 valence electrons. The van der Waals surface area contributed by atoms with E-state index in [4.69, 9.17) is 5.21 Å². The maximum Gasteiger partial charge on any atom is 0.434 e. The molecule has 16 heavy (non-hydrogen) atoms. The molecule has 0 saturated heterocycles. The average molecular weight is 229 g/mol. The molecule has 0 aliphatic carbocycles. The van der Waals surface area contributed by atoms with Gasteiger partial charge in [0.05, 0.1) is 6.21 Å². The number of rotatable bonds is 0. The lowest BCUT2D eigenvalue weighted by molar-refractivity contribution is -0.0562. The Bertz CT molecular complexity index is 441. The van der Waals surface area contributed by atoms with Crippen molar-refractivity contribution in [3.8, 4) is 0 Å². The van der Waals surface area contributed by atoms with Crippen molar-refractivity contribution < 1.29 is 18.4 Å². The Balaban J connectivity index is 2.31. The molecule has 2 rings (SSSR count). The molecule has 0 aromatic rings. The van der Waals surface area contributed by atoms with Crippen molar-refractivity contribution in [2.75, 3.05) is 0 Å². The van der Waals surface area contributed by atoms with E-state index in [1.807, 2.05) is 0 Å². The van der Waals surface area contributed by atoms with Gasteiger partial charge in [0.15, 0.2) is 11.5 Å². The molecule has 0 bridgehead atoms. The summed E-state index contributed by atoms with van der Waals surface area (Å²) >= 11 is 0. The van der Waals surface area contributed by atoms with Crippen LogP contribution in [-0.4, -0.2) is 28.4 Å². The van der Waals surface area contributed by atoms with E-state index in [0.29, 0.717) is 11.8 Å². The summed E-state index contributed by atoms with van der Waals surface area (Å²) in [6.07, 6.45) is 1.56. The normalized spacial score (nSPS) is 19.8. The van der Waals surface area contributed by atoms with Crippen molar-refractivity contribution >= 4 is 11.9 Å². The SMILES string of the molecule is ON1C=CC(=C2N=CC(C(F)(F)F)=N2)C=C1. The van der Waals surface area contributed by atoms with E-state index in [-0.39, 0.29) is 5.82 Å². The molecule has 2 aliphatic rings. The zero-order chi connectivity index (χ0) is 11.8. The number of aliphatic imine (C=N–C) groups is 2. The maximum atomic E-state index is 12.2. The highest BCUT2D eigenvalue weighted by atomic mass is 19.4. The van der Waals surface area contributed by atoms with Crippen molar-refractivity contribution in [3.63, 3.8) is 0 Å². The van der Waals surface area contributed by atoms with Crippen LogP contribution in [0.1, 0.15) is 0 Å². The van der Waals surface area contributed by atoms with Crippen LogP contribution in [0.3, 0.4) is 0 Å². The second-order valence-electron chi connectivity index (χ2n) is 3.04. The highest BCUT2D eigenvalue weighted by Crippen LogP contribution is 2.24. The van der Waals surface area contributed by atoms with Gasteiger partial charge in [-0.1, -0.05) is 0 Å². The van der Waals surface area contributed by atoms with E-state index in [1.165, 1.54) is 24.6 Å². The molecule has 7 heteroatoms. The van der Waals surface area contributed by atoms with E-state index < -0.39 is 11.9 Å². The van der Waals surface area contributed by atoms with Crippen LogP contribution in [-0.2, 0) is 0 Å². The van der Waals surface area contributed by atoms with Crippen LogP contribution in [0.2, 0.25) is 0 Å². The minimum atomic E-state index is -4.49. The summed E-state index contributed by atoms with van der Waals surface area (Å²) in [5.41, 5.74) is -0.621. The lowest BCUT2D eigenvalue weighted by Gasteiger charge is -2.09. The summed E-state index contributed by atoms with van der Waals surface area (Å²) < 4.78 is 36.7. The van der Waals surface area contributed by atoms with Gasteiger partial charge >= 0.3 is 6.18 Å². The highest BCUT2D eigenvalue weighted by molar-refractivity contribution is 6.35. The number of hydroxylamine groups is 2. The number of alkyl halides is 3. The minimum absolute atomic E-state index is 0.0204. The molecule has 0 aromatic carbocycles. The number of hydrogen-bond donors (Lipinski definition) is 1. The first-order valence-electron chi connectivity index (χ1n) is 4.25. The molecule has 0 unspecified atom stereocenters. The fourth-order valence-electron chi connectivity index (χ4n) is 1.14. The van der Waals surface area contributed by atoms with Gasteiger partial charge in [-0.25, -0.2) is 15.0 Å². The first-order chi connectivity index (χ1) is 7.47. The third-order valence-corrected chi connectivity index (χ3v) is 1.90. The number of hydrogen-bond acceptors (Lipinski definition) is 4. The Morgan fingerprint density at radius 2 is 1.81 bits per heavy atom. The monoisotopic (exact) mass is 229 g/mol.